The van der Waals surface area contributed by atoms with Gasteiger partial charge in [-0.15, -0.1) is 0 Å². The topological polar surface area (TPSA) is 121 Å². The highest BCUT2D eigenvalue weighted by molar-refractivity contribution is 7.90. The Bertz CT molecular complexity index is 539. The van der Waals surface area contributed by atoms with E-state index in [9.17, 15) is 21.6 Å². The summed E-state index contributed by atoms with van der Waals surface area (Å²) in [5.74, 6) is -1.96. The molecule has 0 saturated carbocycles. The van der Waals surface area contributed by atoms with Crippen LogP contribution in [0.1, 0.15) is 26.7 Å². The van der Waals surface area contributed by atoms with E-state index in [1.807, 2.05) is 0 Å². The van der Waals surface area contributed by atoms with Gasteiger partial charge in [0, 0.05) is 14.1 Å². The smallest absolute Gasteiger partial charge is 0.321 e. The summed E-state index contributed by atoms with van der Waals surface area (Å²) in [7, 11) is -4.56. The van der Waals surface area contributed by atoms with Crippen LogP contribution in [0.25, 0.3) is 0 Å². The van der Waals surface area contributed by atoms with Gasteiger partial charge in [0.05, 0.1) is 11.5 Å². The van der Waals surface area contributed by atoms with Crippen molar-refractivity contribution in [3.63, 3.8) is 0 Å². The van der Waals surface area contributed by atoms with Crippen LogP contribution < -0.4 is 4.72 Å². The number of carbonyl (C=O) groups is 1. The zero-order chi connectivity index (χ0) is 16.8. The Morgan fingerprint density at radius 1 is 1.14 bits per heavy atom. The average molecular weight is 344 g/mol. The van der Waals surface area contributed by atoms with Crippen LogP contribution in [0.4, 0.5) is 0 Å². The van der Waals surface area contributed by atoms with Crippen LogP contribution in [0.3, 0.4) is 0 Å². The second-order valence-electron chi connectivity index (χ2n) is 5.41. The van der Waals surface area contributed by atoms with E-state index < -0.39 is 37.8 Å². The SMILES string of the molecule is CC(C)C[C@H](NS(=O)(=O)CCCS(=O)(=O)N(C)C)C(=O)O. The Morgan fingerprint density at radius 2 is 1.67 bits per heavy atom. The molecule has 0 unspecified atom stereocenters. The minimum atomic E-state index is -3.83. The molecule has 0 aromatic carbocycles. The summed E-state index contributed by atoms with van der Waals surface area (Å²) in [5, 5.41) is 8.98. The number of aliphatic carboxylic acids is 1. The molecule has 0 heterocycles. The Hall–Kier alpha value is -0.710. The van der Waals surface area contributed by atoms with E-state index in [0.29, 0.717) is 0 Å². The van der Waals surface area contributed by atoms with E-state index in [1.54, 1.807) is 13.8 Å². The van der Waals surface area contributed by atoms with Gasteiger partial charge in [-0.05, 0) is 18.8 Å². The molecule has 2 N–H and O–H groups in total. The molecule has 126 valence electrons. The first-order valence-electron chi connectivity index (χ1n) is 6.50. The van der Waals surface area contributed by atoms with Gasteiger partial charge in [0.1, 0.15) is 6.04 Å². The van der Waals surface area contributed by atoms with Crippen molar-refractivity contribution in [2.24, 2.45) is 5.92 Å². The molecule has 0 aliphatic rings. The van der Waals surface area contributed by atoms with Crippen LogP contribution in [0.5, 0.6) is 0 Å². The predicted octanol–water partition coefficient (Wildman–Crippen LogP) is -0.313. The molecule has 0 aliphatic heterocycles. The third-order valence-electron chi connectivity index (χ3n) is 2.70. The Kier molecular flexibility index (Phi) is 7.79. The maximum atomic E-state index is 11.8. The molecule has 21 heavy (non-hydrogen) atoms. The first-order chi connectivity index (χ1) is 9.37. The van der Waals surface area contributed by atoms with Crippen molar-refractivity contribution in [3.8, 4) is 0 Å². The van der Waals surface area contributed by atoms with Crippen LogP contribution in [-0.2, 0) is 24.8 Å². The number of rotatable bonds is 10. The Labute approximate surface area is 126 Å². The largest absolute Gasteiger partial charge is 0.480 e. The van der Waals surface area contributed by atoms with E-state index in [0.717, 1.165) is 4.31 Å². The van der Waals surface area contributed by atoms with Crippen LogP contribution in [-0.4, -0.2) is 63.9 Å². The number of hydrogen-bond acceptors (Lipinski definition) is 5. The van der Waals surface area contributed by atoms with Gasteiger partial charge in [0.25, 0.3) is 0 Å². The predicted molar refractivity (Wildman–Crippen MR) is 79.9 cm³/mol. The first kappa shape index (κ1) is 20.3. The van der Waals surface area contributed by atoms with E-state index in [2.05, 4.69) is 4.72 Å². The van der Waals surface area contributed by atoms with Gasteiger partial charge in [0.15, 0.2) is 0 Å². The molecular formula is C11H24N2O6S2. The fourth-order valence-corrected chi connectivity index (χ4v) is 3.89. The molecule has 0 aliphatic carbocycles. The molecule has 1 atom stereocenters. The summed E-state index contributed by atoms with van der Waals surface area (Å²) < 4.78 is 49.7. The van der Waals surface area contributed by atoms with Crippen molar-refractivity contribution in [1.29, 1.82) is 0 Å². The zero-order valence-electron chi connectivity index (χ0n) is 12.7. The van der Waals surface area contributed by atoms with Crippen molar-refractivity contribution >= 4 is 26.0 Å². The van der Waals surface area contributed by atoms with Gasteiger partial charge in [-0.3, -0.25) is 4.79 Å². The van der Waals surface area contributed by atoms with E-state index in [-0.39, 0.29) is 24.5 Å². The normalized spacial score (nSPS) is 14.6. The second-order valence-corrected chi connectivity index (χ2v) is 9.58. The summed E-state index contributed by atoms with van der Waals surface area (Å²) in [6.45, 7) is 3.57. The number of nitrogens with one attached hydrogen (secondary N) is 1. The molecule has 0 rings (SSSR count). The molecule has 8 nitrogen and oxygen atoms in total. The van der Waals surface area contributed by atoms with Gasteiger partial charge in [-0.25, -0.2) is 25.9 Å². The van der Waals surface area contributed by atoms with Crippen LogP contribution in [0, 0.1) is 5.92 Å². The Morgan fingerprint density at radius 3 is 2.05 bits per heavy atom. The van der Waals surface area contributed by atoms with Crippen LogP contribution in [0.15, 0.2) is 0 Å². The summed E-state index contributed by atoms with van der Waals surface area (Å²) in [4.78, 5) is 11.0. The lowest BCUT2D eigenvalue weighted by Gasteiger charge is -2.17. The minimum Gasteiger partial charge on any atom is -0.480 e. The highest BCUT2D eigenvalue weighted by Crippen LogP contribution is 2.07. The molecule has 0 aromatic heterocycles. The molecule has 0 aromatic rings. The van der Waals surface area contributed by atoms with Crippen molar-refractivity contribution in [1.82, 2.24) is 9.03 Å². The van der Waals surface area contributed by atoms with Gasteiger partial charge >= 0.3 is 5.97 Å². The average Bonchev–Trinajstić information content (AvgIpc) is 2.25. The lowest BCUT2D eigenvalue weighted by molar-refractivity contribution is -0.139. The van der Waals surface area contributed by atoms with E-state index in [1.165, 1.54) is 14.1 Å². The van der Waals surface area contributed by atoms with Gasteiger partial charge in [-0.1, -0.05) is 13.8 Å². The highest BCUT2D eigenvalue weighted by atomic mass is 32.2. The van der Waals surface area contributed by atoms with Crippen molar-refractivity contribution in [2.75, 3.05) is 25.6 Å². The first-order valence-corrected chi connectivity index (χ1v) is 9.76. The zero-order valence-corrected chi connectivity index (χ0v) is 14.4. The highest BCUT2D eigenvalue weighted by Gasteiger charge is 2.25. The molecule has 0 spiro atoms. The second kappa shape index (κ2) is 8.06. The molecule has 10 heteroatoms. The number of sulfonamides is 2. The van der Waals surface area contributed by atoms with Gasteiger partial charge in [0.2, 0.25) is 20.0 Å². The van der Waals surface area contributed by atoms with Gasteiger partial charge in [-0.2, -0.15) is 0 Å². The summed E-state index contributed by atoms with van der Waals surface area (Å²) in [6, 6.07) is -1.19. The third-order valence-corrected chi connectivity index (χ3v) is 6.09. The van der Waals surface area contributed by atoms with Crippen LogP contribution >= 0.6 is 0 Å². The number of carboxylic acids is 1. The van der Waals surface area contributed by atoms with Crippen molar-refractivity contribution in [3.05, 3.63) is 0 Å². The van der Waals surface area contributed by atoms with Crippen molar-refractivity contribution < 1.29 is 26.7 Å². The lowest BCUT2D eigenvalue weighted by Crippen LogP contribution is -2.42. The fourth-order valence-electron chi connectivity index (χ4n) is 1.56. The molecule has 0 amide bonds. The molecule has 0 bridgehead atoms. The molecule has 0 radical (unpaired) electrons. The minimum absolute atomic E-state index is 0.0166. The third kappa shape index (κ3) is 8.34. The van der Waals surface area contributed by atoms with Gasteiger partial charge < -0.3 is 5.11 Å². The Balaban J connectivity index is 4.59. The molecular weight excluding hydrogens is 320 g/mol. The molecule has 0 saturated heterocycles. The fraction of sp³-hybridized carbons (Fsp3) is 0.909. The summed E-state index contributed by atoms with van der Waals surface area (Å²) in [6.07, 6.45) is 0.0778. The van der Waals surface area contributed by atoms with E-state index in [4.69, 9.17) is 5.11 Å². The standard InChI is InChI=1S/C11H24N2O6S2/c1-9(2)8-10(11(14)15)12-20(16,17)6-5-7-21(18,19)13(3)4/h9-10,12H,5-8H2,1-4H3,(H,14,15)/t10-/m0/s1. The van der Waals surface area contributed by atoms with Crippen molar-refractivity contribution in [2.45, 2.75) is 32.7 Å². The van der Waals surface area contributed by atoms with E-state index >= 15 is 0 Å². The molecule has 0 fully saturated rings. The lowest BCUT2D eigenvalue weighted by atomic mass is 10.1. The quantitative estimate of drug-likeness (QED) is 0.560. The maximum absolute atomic E-state index is 11.8. The summed E-state index contributed by atoms with van der Waals surface area (Å²) >= 11 is 0. The summed E-state index contributed by atoms with van der Waals surface area (Å²) in [5.41, 5.74) is 0. The number of hydrogen-bond donors (Lipinski definition) is 2. The number of carboxylic acid groups (broad SMARTS) is 1. The number of nitrogens with zero attached hydrogens (tertiary/aromatic N) is 1. The van der Waals surface area contributed by atoms with Crippen LogP contribution in [0.2, 0.25) is 0 Å². The maximum Gasteiger partial charge on any atom is 0.321 e. The monoisotopic (exact) mass is 344 g/mol.